The van der Waals surface area contributed by atoms with Crippen LogP contribution in [0.4, 0.5) is 17.3 Å². The van der Waals surface area contributed by atoms with Crippen LogP contribution in [0.3, 0.4) is 0 Å². The summed E-state index contributed by atoms with van der Waals surface area (Å²) in [5.74, 6) is 1.08. The summed E-state index contributed by atoms with van der Waals surface area (Å²) in [7, 11) is 0. The number of aromatic nitrogens is 3. The van der Waals surface area contributed by atoms with E-state index in [1.165, 1.54) is 37.8 Å². The van der Waals surface area contributed by atoms with Crippen LogP contribution in [-0.4, -0.2) is 40.7 Å². The predicted molar refractivity (Wildman–Crippen MR) is 125 cm³/mol. The van der Waals surface area contributed by atoms with E-state index in [0.717, 1.165) is 43.8 Å². The van der Waals surface area contributed by atoms with Crippen molar-refractivity contribution >= 4 is 28.4 Å². The molecule has 2 fully saturated rings. The Morgan fingerprint density at radius 2 is 1.77 bits per heavy atom. The molecule has 2 N–H and O–H groups in total. The van der Waals surface area contributed by atoms with Crippen molar-refractivity contribution in [2.24, 2.45) is 5.92 Å². The first kappa shape index (κ1) is 20.0. The highest BCUT2D eigenvalue weighted by Crippen LogP contribution is 2.26. The highest BCUT2D eigenvalue weighted by molar-refractivity contribution is 5.75. The monoisotopic (exact) mass is 418 g/mol. The van der Waals surface area contributed by atoms with Gasteiger partial charge in [0.15, 0.2) is 0 Å². The summed E-state index contributed by atoms with van der Waals surface area (Å²) in [6.45, 7) is 4.84. The average Bonchev–Trinajstić information content (AvgIpc) is 2.83. The Balaban J connectivity index is 1.37. The molecule has 7 nitrogen and oxygen atoms in total. The van der Waals surface area contributed by atoms with Gasteiger partial charge >= 0.3 is 0 Å². The Labute approximate surface area is 182 Å². The minimum Gasteiger partial charge on any atom is -0.369 e. The first-order valence-corrected chi connectivity index (χ1v) is 11.5. The minimum absolute atomic E-state index is 0.0168. The molecule has 3 aromatic rings. The second-order valence-corrected chi connectivity index (χ2v) is 8.67. The number of benzene rings is 1. The lowest BCUT2D eigenvalue weighted by molar-refractivity contribution is 0.319. The van der Waals surface area contributed by atoms with Crippen molar-refractivity contribution in [3.05, 3.63) is 52.9 Å². The summed E-state index contributed by atoms with van der Waals surface area (Å²) in [5.41, 5.74) is 2.90. The van der Waals surface area contributed by atoms with Crippen LogP contribution in [0, 0.1) is 5.92 Å². The fourth-order valence-corrected chi connectivity index (χ4v) is 4.74. The molecule has 7 heteroatoms. The van der Waals surface area contributed by atoms with Crippen molar-refractivity contribution in [3.63, 3.8) is 0 Å². The smallest absolute Gasteiger partial charge is 0.252 e. The number of nitrogens with zero attached hydrogens (tertiary/aromatic N) is 4. The number of piperazine rings is 1. The van der Waals surface area contributed by atoms with Crippen LogP contribution in [0.1, 0.15) is 32.1 Å². The molecule has 162 valence electrons. The Morgan fingerprint density at radius 1 is 1.00 bits per heavy atom. The molecule has 2 aromatic heterocycles. The van der Waals surface area contributed by atoms with Crippen LogP contribution in [-0.2, 0) is 6.54 Å². The van der Waals surface area contributed by atoms with Gasteiger partial charge in [0, 0.05) is 61.7 Å². The molecule has 1 aromatic carbocycles. The molecule has 0 amide bonds. The third kappa shape index (κ3) is 4.56. The zero-order chi connectivity index (χ0) is 21.0. The maximum atomic E-state index is 12.6. The van der Waals surface area contributed by atoms with Gasteiger partial charge in [0.05, 0.1) is 0 Å². The number of hydrogen-bond acceptors (Lipinski definition) is 6. The summed E-state index contributed by atoms with van der Waals surface area (Å²) >= 11 is 0. The van der Waals surface area contributed by atoms with Crippen molar-refractivity contribution < 1.29 is 0 Å². The fourth-order valence-electron chi connectivity index (χ4n) is 4.74. The van der Waals surface area contributed by atoms with E-state index in [0.29, 0.717) is 17.5 Å². The lowest BCUT2D eigenvalue weighted by atomic mass is 9.89. The first-order valence-electron chi connectivity index (χ1n) is 11.5. The zero-order valence-electron chi connectivity index (χ0n) is 17.9. The van der Waals surface area contributed by atoms with Crippen molar-refractivity contribution in [2.45, 2.75) is 38.6 Å². The van der Waals surface area contributed by atoms with Gasteiger partial charge in [-0.15, -0.1) is 0 Å². The molecule has 1 saturated carbocycles. The molecule has 1 aliphatic carbocycles. The molecule has 0 spiro atoms. The maximum absolute atomic E-state index is 12.6. The largest absolute Gasteiger partial charge is 0.369 e. The summed E-state index contributed by atoms with van der Waals surface area (Å²) in [6, 6.07) is 11.8. The van der Waals surface area contributed by atoms with E-state index >= 15 is 0 Å². The van der Waals surface area contributed by atoms with E-state index in [2.05, 4.69) is 44.8 Å². The highest BCUT2D eigenvalue weighted by Gasteiger charge is 2.17. The minimum atomic E-state index is 0.0168. The van der Waals surface area contributed by atoms with Gasteiger partial charge in [-0.25, -0.2) is 4.98 Å². The van der Waals surface area contributed by atoms with E-state index in [1.54, 1.807) is 12.3 Å². The van der Waals surface area contributed by atoms with E-state index in [9.17, 15) is 4.79 Å². The Morgan fingerprint density at radius 3 is 2.55 bits per heavy atom. The molecule has 0 bridgehead atoms. The average molecular weight is 419 g/mol. The molecule has 0 radical (unpaired) electrons. The summed E-state index contributed by atoms with van der Waals surface area (Å²) in [6.07, 6.45) is 8.02. The zero-order valence-corrected chi connectivity index (χ0v) is 17.9. The van der Waals surface area contributed by atoms with Gasteiger partial charge in [0.2, 0.25) is 5.95 Å². The van der Waals surface area contributed by atoms with Crippen molar-refractivity contribution in [2.75, 3.05) is 36.4 Å². The lowest BCUT2D eigenvalue weighted by Crippen LogP contribution is -2.43. The van der Waals surface area contributed by atoms with Gasteiger partial charge in [-0.2, -0.15) is 4.98 Å². The quantitative estimate of drug-likeness (QED) is 0.660. The number of hydrogen-bond donors (Lipinski definition) is 2. The number of nitrogens with one attached hydrogen (secondary N) is 2. The van der Waals surface area contributed by atoms with E-state index < -0.39 is 0 Å². The maximum Gasteiger partial charge on any atom is 0.252 e. The second-order valence-electron chi connectivity index (χ2n) is 8.67. The number of rotatable bonds is 5. The number of anilines is 3. The molecule has 3 heterocycles. The van der Waals surface area contributed by atoms with Crippen LogP contribution in [0.15, 0.2) is 47.4 Å². The Kier molecular flexibility index (Phi) is 5.84. The molecule has 1 aliphatic heterocycles. The van der Waals surface area contributed by atoms with Crippen LogP contribution in [0.5, 0.6) is 0 Å². The highest BCUT2D eigenvalue weighted by atomic mass is 16.1. The summed E-state index contributed by atoms with van der Waals surface area (Å²) < 4.78 is 1.84. The molecular weight excluding hydrogens is 388 g/mol. The first-order chi connectivity index (χ1) is 15.3. The molecule has 5 rings (SSSR count). The van der Waals surface area contributed by atoms with Gasteiger partial charge < -0.3 is 15.5 Å². The van der Waals surface area contributed by atoms with Crippen molar-refractivity contribution in [1.82, 2.24) is 19.9 Å². The van der Waals surface area contributed by atoms with Crippen LogP contribution in [0.2, 0.25) is 0 Å². The van der Waals surface area contributed by atoms with Gasteiger partial charge in [0.25, 0.3) is 5.56 Å². The SMILES string of the molecule is O=c1ccc2cnc(Nc3ccc(N4CCNCC4)cc3)nc2n1CC1CCCCC1. The van der Waals surface area contributed by atoms with Gasteiger partial charge in [-0.3, -0.25) is 9.36 Å². The third-order valence-corrected chi connectivity index (χ3v) is 6.49. The molecule has 0 atom stereocenters. The van der Waals surface area contributed by atoms with Crippen LogP contribution in [0.25, 0.3) is 11.0 Å². The van der Waals surface area contributed by atoms with Crippen LogP contribution < -0.4 is 21.1 Å². The Hall–Kier alpha value is -2.93. The topological polar surface area (TPSA) is 75.1 Å². The standard InChI is InChI=1S/C24H30N6O/c31-22-11-6-19-16-26-24(28-23(19)30(22)17-18-4-2-1-3-5-18)27-20-7-9-21(10-8-20)29-14-12-25-13-15-29/h6-11,16,18,25H,1-5,12-15,17H2,(H,26,27,28). The third-order valence-electron chi connectivity index (χ3n) is 6.49. The Bertz CT molecular complexity index is 1080. The van der Waals surface area contributed by atoms with Crippen molar-refractivity contribution in [1.29, 1.82) is 0 Å². The van der Waals surface area contributed by atoms with Gasteiger partial charge in [0.1, 0.15) is 5.65 Å². The van der Waals surface area contributed by atoms with Crippen LogP contribution >= 0.6 is 0 Å². The van der Waals surface area contributed by atoms with E-state index in [-0.39, 0.29) is 5.56 Å². The normalized spacial score (nSPS) is 17.7. The molecule has 0 unspecified atom stereocenters. The number of fused-ring (bicyclic) bond motifs is 1. The predicted octanol–water partition coefficient (Wildman–Crippen LogP) is 3.53. The second kappa shape index (κ2) is 9.06. The van der Waals surface area contributed by atoms with Gasteiger partial charge in [-0.1, -0.05) is 19.3 Å². The lowest BCUT2D eigenvalue weighted by Gasteiger charge is -2.29. The van der Waals surface area contributed by atoms with E-state index in [1.807, 2.05) is 10.6 Å². The molecule has 1 saturated heterocycles. The molecule has 2 aliphatic rings. The van der Waals surface area contributed by atoms with E-state index in [4.69, 9.17) is 4.98 Å². The summed E-state index contributed by atoms with van der Waals surface area (Å²) in [4.78, 5) is 24.2. The number of pyridine rings is 1. The summed E-state index contributed by atoms with van der Waals surface area (Å²) in [5, 5.41) is 7.59. The van der Waals surface area contributed by atoms with Crippen molar-refractivity contribution in [3.8, 4) is 0 Å². The van der Waals surface area contributed by atoms with Gasteiger partial charge in [-0.05, 0) is 49.1 Å². The fraction of sp³-hybridized carbons (Fsp3) is 0.458. The molecular formula is C24H30N6O. The molecule has 31 heavy (non-hydrogen) atoms.